The van der Waals surface area contributed by atoms with E-state index in [1.54, 1.807) is 11.8 Å². The van der Waals surface area contributed by atoms with E-state index in [4.69, 9.17) is 10.2 Å². The highest BCUT2D eigenvalue weighted by Crippen LogP contribution is 2.39. The number of aliphatic carboxylic acids is 1. The predicted molar refractivity (Wildman–Crippen MR) is 71.2 cm³/mol. The van der Waals surface area contributed by atoms with Gasteiger partial charge in [0, 0.05) is 23.7 Å². The average molecular weight is 281 g/mol. The Kier molecular flexibility index (Phi) is 4.44. The SMILES string of the molecule is O=C(N[C@@H](CCO)C(=O)O)C1CSc2ccccc21. The normalized spacial score (nSPS) is 18.7. The van der Waals surface area contributed by atoms with Crippen LogP contribution >= 0.6 is 11.8 Å². The van der Waals surface area contributed by atoms with Crippen molar-refractivity contribution in [3.63, 3.8) is 0 Å². The minimum atomic E-state index is -1.12. The summed E-state index contributed by atoms with van der Waals surface area (Å²) in [6, 6.07) is 6.60. The number of carbonyl (C=O) groups excluding carboxylic acids is 1. The van der Waals surface area contributed by atoms with E-state index in [2.05, 4.69) is 5.32 Å². The molecule has 102 valence electrons. The van der Waals surface area contributed by atoms with Crippen LogP contribution in [-0.4, -0.2) is 40.5 Å². The number of aliphatic hydroxyl groups is 1. The van der Waals surface area contributed by atoms with Crippen LogP contribution in [0.5, 0.6) is 0 Å². The van der Waals surface area contributed by atoms with Crippen molar-refractivity contribution in [2.75, 3.05) is 12.4 Å². The minimum Gasteiger partial charge on any atom is -0.480 e. The van der Waals surface area contributed by atoms with Crippen LogP contribution in [0.1, 0.15) is 17.9 Å². The lowest BCUT2D eigenvalue weighted by Gasteiger charge is -2.16. The van der Waals surface area contributed by atoms with Crippen molar-refractivity contribution < 1.29 is 19.8 Å². The molecular formula is C13H15NO4S. The molecule has 19 heavy (non-hydrogen) atoms. The van der Waals surface area contributed by atoms with E-state index in [1.807, 2.05) is 24.3 Å². The third-order valence-corrected chi connectivity index (χ3v) is 4.23. The standard InChI is InChI=1S/C13H15NO4S/c15-6-5-10(13(17)18)14-12(16)9-7-19-11-4-2-1-3-8(9)11/h1-4,9-10,15H,5-7H2,(H,14,16)(H,17,18)/t9?,10-/m0/s1. The molecule has 0 bridgehead atoms. The summed E-state index contributed by atoms with van der Waals surface area (Å²) in [6.45, 7) is -0.271. The Morgan fingerprint density at radius 3 is 2.84 bits per heavy atom. The third-order valence-electron chi connectivity index (χ3n) is 3.05. The largest absolute Gasteiger partial charge is 0.480 e. The number of hydrogen-bond acceptors (Lipinski definition) is 4. The van der Waals surface area contributed by atoms with Crippen molar-refractivity contribution in [2.45, 2.75) is 23.3 Å². The van der Waals surface area contributed by atoms with Crippen LogP contribution in [0.2, 0.25) is 0 Å². The van der Waals surface area contributed by atoms with E-state index in [1.165, 1.54) is 0 Å². The molecule has 0 spiro atoms. The van der Waals surface area contributed by atoms with Gasteiger partial charge in [-0.1, -0.05) is 18.2 Å². The molecule has 0 saturated heterocycles. The summed E-state index contributed by atoms with van der Waals surface area (Å²) < 4.78 is 0. The lowest BCUT2D eigenvalue weighted by Crippen LogP contribution is -2.43. The van der Waals surface area contributed by atoms with E-state index >= 15 is 0 Å². The number of amides is 1. The molecule has 0 aliphatic carbocycles. The zero-order valence-corrected chi connectivity index (χ0v) is 11.0. The van der Waals surface area contributed by atoms with Crippen molar-refractivity contribution in [1.29, 1.82) is 0 Å². The van der Waals surface area contributed by atoms with Crippen molar-refractivity contribution >= 4 is 23.6 Å². The van der Waals surface area contributed by atoms with Gasteiger partial charge in [-0.25, -0.2) is 4.79 Å². The second-order valence-electron chi connectivity index (χ2n) is 4.31. The lowest BCUT2D eigenvalue weighted by molar-refractivity contribution is -0.142. The highest BCUT2D eigenvalue weighted by molar-refractivity contribution is 7.99. The van der Waals surface area contributed by atoms with Gasteiger partial charge in [-0.3, -0.25) is 4.79 Å². The molecule has 2 atom stereocenters. The number of nitrogens with one attached hydrogen (secondary N) is 1. The average Bonchev–Trinajstić information content (AvgIpc) is 2.81. The molecule has 0 saturated carbocycles. The molecule has 1 aliphatic heterocycles. The second-order valence-corrected chi connectivity index (χ2v) is 5.37. The lowest BCUT2D eigenvalue weighted by atomic mass is 10.00. The van der Waals surface area contributed by atoms with Crippen LogP contribution < -0.4 is 5.32 Å². The Labute approximate surface area is 115 Å². The molecule has 1 heterocycles. The summed E-state index contributed by atoms with van der Waals surface area (Å²) in [5.74, 6) is -1.11. The van der Waals surface area contributed by atoms with Crippen LogP contribution in [-0.2, 0) is 9.59 Å². The Hall–Kier alpha value is -1.53. The Bertz CT molecular complexity index is 491. The minimum absolute atomic E-state index is 0.0165. The van der Waals surface area contributed by atoms with Crippen LogP contribution in [0.15, 0.2) is 29.2 Å². The number of carboxylic acid groups (broad SMARTS) is 1. The first kappa shape index (κ1) is 13.9. The highest BCUT2D eigenvalue weighted by Gasteiger charge is 2.31. The van der Waals surface area contributed by atoms with Gasteiger partial charge in [-0.2, -0.15) is 0 Å². The number of aliphatic hydroxyl groups excluding tert-OH is 1. The van der Waals surface area contributed by atoms with E-state index in [0.29, 0.717) is 5.75 Å². The monoisotopic (exact) mass is 281 g/mol. The van der Waals surface area contributed by atoms with E-state index in [-0.39, 0.29) is 24.9 Å². The fraction of sp³-hybridized carbons (Fsp3) is 0.385. The van der Waals surface area contributed by atoms with Gasteiger partial charge in [0.15, 0.2) is 0 Å². The summed E-state index contributed by atoms with van der Waals surface area (Å²) in [7, 11) is 0. The predicted octanol–water partition coefficient (Wildman–Crippen LogP) is 0.828. The van der Waals surface area contributed by atoms with Crippen LogP contribution in [0.25, 0.3) is 0 Å². The van der Waals surface area contributed by atoms with Gasteiger partial charge in [-0.05, 0) is 11.6 Å². The smallest absolute Gasteiger partial charge is 0.326 e. The molecule has 3 N–H and O–H groups in total. The number of hydrogen-bond donors (Lipinski definition) is 3. The van der Waals surface area contributed by atoms with E-state index in [9.17, 15) is 9.59 Å². The molecule has 1 aromatic rings. The second kappa shape index (κ2) is 6.08. The first-order valence-electron chi connectivity index (χ1n) is 5.99. The summed E-state index contributed by atoms with van der Waals surface area (Å²) >= 11 is 1.60. The molecule has 1 amide bonds. The zero-order chi connectivity index (χ0) is 13.8. The Morgan fingerprint density at radius 1 is 1.42 bits per heavy atom. The summed E-state index contributed by atoms with van der Waals surface area (Å²) in [6.07, 6.45) is 0.0165. The maximum absolute atomic E-state index is 12.1. The van der Waals surface area contributed by atoms with Crippen LogP contribution in [0.3, 0.4) is 0 Å². The topological polar surface area (TPSA) is 86.6 Å². The molecular weight excluding hydrogens is 266 g/mol. The van der Waals surface area contributed by atoms with Gasteiger partial charge < -0.3 is 15.5 Å². The number of fused-ring (bicyclic) bond motifs is 1. The molecule has 1 aromatic carbocycles. The molecule has 5 nitrogen and oxygen atoms in total. The molecule has 0 fully saturated rings. The molecule has 2 rings (SSSR count). The van der Waals surface area contributed by atoms with Gasteiger partial charge in [0.2, 0.25) is 5.91 Å². The summed E-state index contributed by atoms with van der Waals surface area (Å²) in [4.78, 5) is 24.1. The van der Waals surface area contributed by atoms with Gasteiger partial charge in [-0.15, -0.1) is 11.8 Å². The first-order valence-corrected chi connectivity index (χ1v) is 6.98. The number of rotatable bonds is 5. The number of carbonyl (C=O) groups is 2. The summed E-state index contributed by atoms with van der Waals surface area (Å²) in [5.41, 5.74) is 0.943. The number of thioether (sulfide) groups is 1. The molecule has 0 aromatic heterocycles. The van der Waals surface area contributed by atoms with Gasteiger partial charge in [0.1, 0.15) is 6.04 Å². The number of benzene rings is 1. The van der Waals surface area contributed by atoms with Crippen molar-refractivity contribution in [1.82, 2.24) is 5.32 Å². The fourth-order valence-electron chi connectivity index (χ4n) is 2.04. The zero-order valence-electron chi connectivity index (χ0n) is 10.2. The van der Waals surface area contributed by atoms with Gasteiger partial charge in [0.25, 0.3) is 0 Å². The van der Waals surface area contributed by atoms with Crippen molar-refractivity contribution in [3.05, 3.63) is 29.8 Å². The maximum Gasteiger partial charge on any atom is 0.326 e. The van der Waals surface area contributed by atoms with Crippen molar-refractivity contribution in [3.8, 4) is 0 Å². The Morgan fingerprint density at radius 2 is 2.16 bits per heavy atom. The molecule has 0 radical (unpaired) electrons. The number of carboxylic acids is 1. The van der Waals surface area contributed by atoms with Gasteiger partial charge >= 0.3 is 5.97 Å². The third kappa shape index (κ3) is 3.08. The molecule has 6 heteroatoms. The van der Waals surface area contributed by atoms with Crippen LogP contribution in [0, 0.1) is 0 Å². The fourth-order valence-corrected chi connectivity index (χ4v) is 3.27. The molecule has 1 aliphatic rings. The maximum atomic E-state index is 12.1. The Balaban J connectivity index is 2.07. The highest BCUT2D eigenvalue weighted by atomic mass is 32.2. The van der Waals surface area contributed by atoms with E-state index in [0.717, 1.165) is 10.5 Å². The van der Waals surface area contributed by atoms with Crippen LogP contribution in [0.4, 0.5) is 0 Å². The van der Waals surface area contributed by atoms with E-state index < -0.39 is 12.0 Å². The first-order chi connectivity index (χ1) is 9.13. The van der Waals surface area contributed by atoms with Gasteiger partial charge in [0.05, 0.1) is 5.92 Å². The quantitative estimate of drug-likeness (QED) is 0.744. The summed E-state index contributed by atoms with van der Waals surface area (Å²) in [5, 5.41) is 20.3. The molecule has 1 unspecified atom stereocenters. The van der Waals surface area contributed by atoms with Crippen molar-refractivity contribution in [2.24, 2.45) is 0 Å².